The molecule has 2 heterocycles. The maximum Gasteiger partial charge on any atom is 0.276 e. The number of likely N-dealkylation sites (N-methyl/N-ethyl adjacent to an activating group) is 1. The van der Waals surface area contributed by atoms with Crippen LogP contribution in [0.2, 0.25) is 0 Å². The van der Waals surface area contributed by atoms with E-state index in [1.165, 1.54) is 6.26 Å². The van der Waals surface area contributed by atoms with E-state index in [1.807, 2.05) is 27.8 Å². The fraction of sp³-hybridized carbons (Fsp3) is 0.481. The molecule has 0 radical (unpaired) electrons. The zero-order valence-corrected chi connectivity index (χ0v) is 21.6. The Morgan fingerprint density at radius 3 is 2.83 bits per heavy atom. The number of nitrogens with zero attached hydrogens (tertiary/aromatic N) is 4. The Kier molecular flexibility index (Phi) is 5.82. The average molecular weight is 490 g/mol. The molecule has 3 aliphatic rings. The average Bonchev–Trinajstić information content (AvgIpc) is 3.51. The van der Waals surface area contributed by atoms with Crippen molar-refractivity contribution in [2.45, 2.75) is 76.4 Å². The molecule has 0 spiro atoms. The molecule has 1 N–H and O–H groups in total. The third kappa shape index (κ3) is 3.50. The fourth-order valence-electron chi connectivity index (χ4n) is 6.29. The first-order valence-electron chi connectivity index (χ1n) is 12.6. The summed E-state index contributed by atoms with van der Waals surface area (Å²) in [4.78, 5) is 19.6. The molecule has 2 aromatic heterocycles. The van der Waals surface area contributed by atoms with Crippen LogP contribution in [0, 0.1) is 0 Å². The fourth-order valence-corrected chi connectivity index (χ4v) is 6.29. The van der Waals surface area contributed by atoms with Crippen molar-refractivity contribution in [2.75, 3.05) is 6.54 Å². The van der Waals surface area contributed by atoms with Crippen molar-refractivity contribution in [1.82, 2.24) is 20.1 Å². The van der Waals surface area contributed by atoms with Crippen LogP contribution in [0.1, 0.15) is 92.6 Å². The second kappa shape index (κ2) is 8.51. The highest BCUT2D eigenvalue weighted by Crippen LogP contribution is 2.62. The molecule has 1 fully saturated rings. The monoisotopic (exact) mass is 490 g/mol. The molecule has 9 heteroatoms. The molecule has 3 atom stereocenters. The highest BCUT2D eigenvalue weighted by molar-refractivity contribution is 6.26. The van der Waals surface area contributed by atoms with Gasteiger partial charge in [0.05, 0.1) is 16.8 Å². The van der Waals surface area contributed by atoms with E-state index in [1.54, 1.807) is 24.8 Å². The number of oxazole rings is 1. The number of allylic oxidation sites excluding steroid dienone is 4. The molecule has 0 unspecified atom stereocenters. The zero-order valence-electron chi connectivity index (χ0n) is 21.6. The molecule has 0 aliphatic heterocycles. The van der Waals surface area contributed by atoms with Crippen molar-refractivity contribution < 1.29 is 18.7 Å². The van der Waals surface area contributed by atoms with Crippen LogP contribution in [0.5, 0.6) is 0 Å². The number of carbonyl (C=O) groups excluding carboxylic acids is 1. The number of hydrogen-bond donors (Lipinski definition) is 1. The molecule has 0 saturated heterocycles. The van der Waals surface area contributed by atoms with E-state index in [4.69, 9.17) is 4.42 Å². The van der Waals surface area contributed by atoms with Crippen molar-refractivity contribution in [3.05, 3.63) is 70.4 Å². The van der Waals surface area contributed by atoms with Gasteiger partial charge in [-0.25, -0.2) is 9.37 Å². The molecule has 2 aromatic rings. The standard InChI is InChI=1S/C27H32BFN4O3/c1-6-33(24(34)21-13-36-25(30-21)26(4,5)35)15(3)27-11-10-16(14(27)2)17-12-20(31-32-23(17)27)22-18(28)8-7-9-19(22)29/h9,12-13,15-16,35H,2,6-8,10-11,28H2,1,3-5H3/t15-,16+,27-/m0/s1. The smallest absolute Gasteiger partial charge is 0.276 e. The molecule has 5 rings (SSSR count). The van der Waals surface area contributed by atoms with Crippen molar-refractivity contribution in [3.63, 3.8) is 0 Å². The van der Waals surface area contributed by atoms with E-state index in [0.29, 0.717) is 24.2 Å². The van der Waals surface area contributed by atoms with E-state index in [0.717, 1.165) is 41.6 Å². The predicted octanol–water partition coefficient (Wildman–Crippen LogP) is 3.92. The molecular formula is C27H32BFN4O3. The Morgan fingerprint density at radius 2 is 2.19 bits per heavy atom. The number of rotatable bonds is 6. The summed E-state index contributed by atoms with van der Waals surface area (Å²) in [6, 6.07) is 1.72. The van der Waals surface area contributed by atoms with Gasteiger partial charge in [0.1, 0.15) is 25.5 Å². The zero-order chi connectivity index (χ0) is 26.0. The predicted molar refractivity (Wildman–Crippen MR) is 137 cm³/mol. The van der Waals surface area contributed by atoms with E-state index >= 15 is 0 Å². The van der Waals surface area contributed by atoms with Gasteiger partial charge in [-0.3, -0.25) is 4.79 Å². The van der Waals surface area contributed by atoms with Gasteiger partial charge in [0, 0.05) is 24.1 Å². The lowest BCUT2D eigenvalue weighted by Gasteiger charge is -2.41. The van der Waals surface area contributed by atoms with E-state index < -0.39 is 11.0 Å². The van der Waals surface area contributed by atoms with Gasteiger partial charge in [0.2, 0.25) is 5.89 Å². The summed E-state index contributed by atoms with van der Waals surface area (Å²) in [6.07, 6.45) is 6.13. The number of fused-ring (bicyclic) bond motifs is 5. The highest BCUT2D eigenvalue weighted by Gasteiger charge is 2.58. The lowest BCUT2D eigenvalue weighted by Crippen LogP contribution is -2.51. The number of amides is 1. The molecule has 7 nitrogen and oxygen atoms in total. The third-order valence-electron chi connectivity index (χ3n) is 8.24. The minimum Gasteiger partial charge on any atom is -0.445 e. The van der Waals surface area contributed by atoms with Gasteiger partial charge in [-0.15, -0.1) is 0 Å². The van der Waals surface area contributed by atoms with Crippen LogP contribution in [0.25, 0.3) is 5.57 Å². The van der Waals surface area contributed by atoms with Crippen molar-refractivity contribution in [3.8, 4) is 0 Å². The molecule has 188 valence electrons. The summed E-state index contributed by atoms with van der Waals surface area (Å²) < 4.78 is 20.1. The molecule has 2 bridgehead atoms. The number of carbonyl (C=O) groups is 1. The first kappa shape index (κ1) is 24.6. The Hall–Kier alpha value is -3.07. The van der Waals surface area contributed by atoms with E-state index in [2.05, 4.69) is 21.8 Å². The quantitative estimate of drug-likeness (QED) is 0.488. The molecule has 1 amide bonds. The highest BCUT2D eigenvalue weighted by atomic mass is 19.1. The maximum atomic E-state index is 14.7. The van der Waals surface area contributed by atoms with Crippen LogP contribution in [0.4, 0.5) is 4.39 Å². The van der Waals surface area contributed by atoms with Gasteiger partial charge < -0.3 is 14.4 Å². The molecule has 3 aliphatic carbocycles. The third-order valence-corrected chi connectivity index (χ3v) is 8.24. The molecule has 1 saturated carbocycles. The normalized spacial score (nSPS) is 24.1. The second-order valence-corrected chi connectivity index (χ2v) is 10.7. The Bertz CT molecular complexity index is 1320. The molecular weight excluding hydrogens is 458 g/mol. The van der Waals surface area contributed by atoms with Gasteiger partial charge in [0.15, 0.2) is 5.69 Å². The Labute approximate surface area is 211 Å². The van der Waals surface area contributed by atoms with Gasteiger partial charge in [-0.1, -0.05) is 17.6 Å². The first-order chi connectivity index (χ1) is 17.0. The number of hydrogen-bond acceptors (Lipinski definition) is 6. The number of halogens is 1. The number of aliphatic hydroxyl groups is 1. The molecule has 0 aromatic carbocycles. The lowest BCUT2D eigenvalue weighted by atomic mass is 9.74. The van der Waals surface area contributed by atoms with Gasteiger partial charge in [-0.05, 0) is 71.1 Å². The largest absolute Gasteiger partial charge is 0.445 e. The Morgan fingerprint density at radius 1 is 1.44 bits per heavy atom. The van der Waals surface area contributed by atoms with Crippen LogP contribution in [0.15, 0.2) is 46.3 Å². The van der Waals surface area contributed by atoms with Gasteiger partial charge >= 0.3 is 0 Å². The van der Waals surface area contributed by atoms with Gasteiger partial charge in [-0.2, -0.15) is 10.2 Å². The lowest BCUT2D eigenvalue weighted by molar-refractivity contribution is 0.0482. The summed E-state index contributed by atoms with van der Waals surface area (Å²) in [5.74, 6) is -0.311. The SMILES string of the molecule is BC1=C(c2cc3c(nn2)[C@@]2([C@H](C)N(CC)C(=O)c4coc(C(C)(C)O)n4)CC[C@@H]3C2=C)C(F)=CCC1. The first-order valence-corrected chi connectivity index (χ1v) is 12.6. The van der Waals surface area contributed by atoms with Crippen LogP contribution in [-0.2, 0) is 11.0 Å². The van der Waals surface area contributed by atoms with E-state index in [-0.39, 0.29) is 35.3 Å². The topological polar surface area (TPSA) is 92.4 Å². The van der Waals surface area contributed by atoms with Crippen LogP contribution < -0.4 is 0 Å². The number of aromatic nitrogens is 3. The van der Waals surface area contributed by atoms with Gasteiger partial charge in [0.25, 0.3) is 5.91 Å². The van der Waals surface area contributed by atoms with Crippen molar-refractivity contribution in [2.24, 2.45) is 0 Å². The summed E-state index contributed by atoms with van der Waals surface area (Å²) in [5.41, 5.74) is 3.33. The summed E-state index contributed by atoms with van der Waals surface area (Å²) >= 11 is 0. The van der Waals surface area contributed by atoms with Crippen molar-refractivity contribution >= 4 is 19.3 Å². The summed E-state index contributed by atoms with van der Waals surface area (Å²) in [7, 11) is 1.95. The summed E-state index contributed by atoms with van der Waals surface area (Å²) in [6.45, 7) is 12.0. The second-order valence-electron chi connectivity index (χ2n) is 10.7. The van der Waals surface area contributed by atoms with Crippen LogP contribution in [0.3, 0.4) is 0 Å². The van der Waals surface area contributed by atoms with E-state index in [9.17, 15) is 14.3 Å². The Balaban J connectivity index is 1.52. The maximum absolute atomic E-state index is 14.7. The van der Waals surface area contributed by atoms with Crippen molar-refractivity contribution in [1.29, 1.82) is 0 Å². The van der Waals surface area contributed by atoms with Crippen LogP contribution >= 0.6 is 0 Å². The summed E-state index contributed by atoms with van der Waals surface area (Å²) in [5, 5.41) is 19.4. The minimum absolute atomic E-state index is 0.0938. The molecule has 36 heavy (non-hydrogen) atoms. The van der Waals surface area contributed by atoms with Crippen LogP contribution in [-0.4, -0.2) is 51.5 Å². The minimum atomic E-state index is -1.29.